The van der Waals surface area contributed by atoms with E-state index >= 15 is 0 Å². The zero-order valence-corrected chi connectivity index (χ0v) is 13.7. The van der Waals surface area contributed by atoms with E-state index in [0.29, 0.717) is 0 Å². The first-order chi connectivity index (χ1) is 11.1. The van der Waals surface area contributed by atoms with Crippen molar-refractivity contribution in [1.82, 2.24) is 5.48 Å². The Labute approximate surface area is 137 Å². The van der Waals surface area contributed by atoms with Gasteiger partial charge in [0, 0.05) is 0 Å². The maximum Gasteiger partial charge on any atom is 0.344 e. The fraction of sp³-hybridized carbons (Fsp3) is 0.200. The molecule has 0 saturated heterocycles. The highest BCUT2D eigenvalue weighted by atomic mass is 32.2. The summed E-state index contributed by atoms with van der Waals surface area (Å²) in [6.45, 7) is 0. The number of hydrogen-bond acceptors (Lipinski definition) is 8. The van der Waals surface area contributed by atoms with E-state index in [1.807, 2.05) is 5.48 Å². The van der Waals surface area contributed by atoms with Crippen LogP contribution in [0, 0.1) is 0 Å². The molecule has 0 fully saturated rings. The summed E-state index contributed by atoms with van der Waals surface area (Å²) in [7, 11) is 2.52. The number of hydrogen-bond donors (Lipinski definition) is 2. The number of carbonyl (C=O) groups excluding carboxylic acids is 2. The molecule has 8 heteroatoms. The van der Waals surface area contributed by atoms with Crippen LogP contribution < -0.4 is 10.2 Å². The van der Waals surface area contributed by atoms with E-state index in [9.17, 15) is 9.59 Å². The molecule has 0 saturated carbocycles. The molecule has 1 rings (SSSR count). The monoisotopic (exact) mass is 339 g/mol. The van der Waals surface area contributed by atoms with Crippen molar-refractivity contribution in [2.24, 2.45) is 0 Å². The quantitative estimate of drug-likeness (QED) is 0.256. The van der Waals surface area contributed by atoms with E-state index in [0.717, 1.165) is 18.0 Å². The lowest BCUT2D eigenvalue weighted by molar-refractivity contribution is -0.135. The molecule has 1 aromatic carbocycles. The lowest BCUT2D eigenvalue weighted by atomic mass is 10.2. The zero-order chi connectivity index (χ0) is 17.2. The molecule has 0 aliphatic heterocycles. The van der Waals surface area contributed by atoms with Crippen LogP contribution in [0.2, 0.25) is 0 Å². The molecular weight excluding hydrogens is 322 g/mol. The highest BCUT2D eigenvalue weighted by Gasteiger charge is 2.12. The summed E-state index contributed by atoms with van der Waals surface area (Å²) < 4.78 is 14.6. The van der Waals surface area contributed by atoms with Gasteiger partial charge < -0.3 is 14.2 Å². The summed E-state index contributed by atoms with van der Waals surface area (Å²) in [4.78, 5) is 23.4. The summed E-state index contributed by atoms with van der Waals surface area (Å²) in [6, 6.07) is 6.45. The molecule has 0 unspecified atom stereocenters. The van der Waals surface area contributed by atoms with Gasteiger partial charge in [0.05, 0.1) is 24.8 Å². The van der Waals surface area contributed by atoms with Crippen LogP contribution in [0.25, 0.3) is 0 Å². The number of benzene rings is 1. The average molecular weight is 339 g/mol. The summed E-state index contributed by atoms with van der Waals surface area (Å²) in [6.07, 6.45) is 4.18. The fourth-order valence-corrected chi connectivity index (χ4v) is 2.01. The first-order valence-corrected chi connectivity index (χ1v) is 7.58. The Morgan fingerprint density at radius 1 is 1.22 bits per heavy atom. The van der Waals surface area contributed by atoms with Gasteiger partial charge in [-0.05, 0) is 24.5 Å². The minimum Gasteiger partial charge on any atom is -0.465 e. The Kier molecular flexibility index (Phi) is 7.72. The fourth-order valence-electron chi connectivity index (χ4n) is 1.51. The molecule has 2 N–H and O–H groups in total. The van der Waals surface area contributed by atoms with Gasteiger partial charge in [0.25, 0.3) is 0 Å². The molecule has 0 heterocycles. The molecule has 0 radical (unpaired) electrons. The van der Waals surface area contributed by atoms with Crippen LogP contribution in [0.3, 0.4) is 0 Å². The van der Waals surface area contributed by atoms with Crippen LogP contribution in [0.1, 0.15) is 10.4 Å². The van der Waals surface area contributed by atoms with Gasteiger partial charge in [-0.25, -0.2) is 9.59 Å². The zero-order valence-electron chi connectivity index (χ0n) is 12.9. The van der Waals surface area contributed by atoms with Crippen molar-refractivity contribution < 1.29 is 29.0 Å². The Bertz CT molecular complexity index is 626. The van der Waals surface area contributed by atoms with Crippen molar-refractivity contribution in [3.8, 4) is 5.75 Å². The van der Waals surface area contributed by atoms with Crippen molar-refractivity contribution in [2.45, 2.75) is 0 Å². The summed E-state index contributed by atoms with van der Waals surface area (Å²) in [5, 5.41) is 9.13. The number of para-hydroxylation sites is 1. The molecule has 0 aromatic heterocycles. The van der Waals surface area contributed by atoms with Gasteiger partial charge in [0.1, 0.15) is 17.6 Å². The van der Waals surface area contributed by atoms with Crippen LogP contribution in [-0.4, -0.2) is 37.6 Å². The number of thioether (sulfide) groups is 1. The molecule has 0 amide bonds. The van der Waals surface area contributed by atoms with E-state index in [1.165, 1.54) is 20.3 Å². The first-order valence-electron chi connectivity index (χ1n) is 6.35. The maximum absolute atomic E-state index is 11.6. The highest BCUT2D eigenvalue weighted by Crippen LogP contribution is 2.20. The SMILES string of the molecule is COC(=O)/C(=C/C(=C/Oc1ccccc1C(=O)OC)NO)SC. The van der Waals surface area contributed by atoms with E-state index in [4.69, 9.17) is 9.94 Å². The van der Waals surface area contributed by atoms with Crippen molar-refractivity contribution in [2.75, 3.05) is 20.5 Å². The van der Waals surface area contributed by atoms with Gasteiger partial charge in [0.15, 0.2) is 0 Å². The van der Waals surface area contributed by atoms with Gasteiger partial charge >= 0.3 is 11.9 Å². The third kappa shape index (κ3) is 5.35. The molecule has 0 bridgehead atoms. The topological polar surface area (TPSA) is 94.1 Å². The third-order valence-electron chi connectivity index (χ3n) is 2.63. The highest BCUT2D eigenvalue weighted by molar-refractivity contribution is 8.03. The number of rotatable bonds is 7. The Balaban J connectivity index is 3.04. The van der Waals surface area contributed by atoms with Gasteiger partial charge in [-0.3, -0.25) is 10.7 Å². The van der Waals surface area contributed by atoms with Crippen LogP contribution in [-0.2, 0) is 14.3 Å². The summed E-state index contributed by atoms with van der Waals surface area (Å²) in [5.41, 5.74) is 2.23. The second-order valence-electron chi connectivity index (χ2n) is 3.99. The molecule has 7 nitrogen and oxygen atoms in total. The van der Waals surface area contributed by atoms with Gasteiger partial charge in [-0.15, -0.1) is 11.8 Å². The van der Waals surface area contributed by atoms with E-state index < -0.39 is 11.9 Å². The second kappa shape index (κ2) is 9.54. The molecular formula is C15H17NO6S. The standard InChI is InChI=1S/C15H17NO6S/c1-20-14(17)11-6-4-5-7-12(11)22-9-10(16-19)8-13(23-3)15(18)21-2/h4-9,16,19H,1-3H3/b10-9-,13-8-. The lowest BCUT2D eigenvalue weighted by Crippen LogP contribution is -2.10. The number of allylic oxidation sites excluding steroid dienone is 1. The Morgan fingerprint density at radius 3 is 2.48 bits per heavy atom. The van der Waals surface area contributed by atoms with Crippen molar-refractivity contribution in [1.29, 1.82) is 0 Å². The van der Waals surface area contributed by atoms with Crippen LogP contribution >= 0.6 is 11.8 Å². The normalized spacial score (nSPS) is 11.7. The molecule has 23 heavy (non-hydrogen) atoms. The molecule has 0 aliphatic rings. The predicted octanol–water partition coefficient (Wildman–Crippen LogP) is 2.09. The summed E-state index contributed by atoms with van der Waals surface area (Å²) >= 11 is 1.14. The Morgan fingerprint density at radius 2 is 1.91 bits per heavy atom. The van der Waals surface area contributed by atoms with Crippen molar-refractivity contribution in [3.05, 3.63) is 52.8 Å². The number of carbonyl (C=O) groups is 2. The third-order valence-corrected chi connectivity index (χ3v) is 3.35. The largest absolute Gasteiger partial charge is 0.465 e. The molecule has 0 atom stereocenters. The van der Waals surface area contributed by atoms with Crippen molar-refractivity contribution in [3.63, 3.8) is 0 Å². The van der Waals surface area contributed by atoms with Crippen LogP contribution in [0.15, 0.2) is 47.2 Å². The average Bonchev–Trinajstić information content (AvgIpc) is 2.61. The lowest BCUT2D eigenvalue weighted by Gasteiger charge is -2.08. The summed E-state index contributed by atoms with van der Waals surface area (Å²) in [5.74, 6) is -0.861. The predicted molar refractivity (Wildman–Crippen MR) is 85.0 cm³/mol. The number of methoxy groups -OCH3 is 2. The molecule has 1 aromatic rings. The van der Waals surface area contributed by atoms with Crippen molar-refractivity contribution >= 4 is 23.7 Å². The molecule has 124 valence electrons. The van der Waals surface area contributed by atoms with Gasteiger partial charge in [-0.1, -0.05) is 12.1 Å². The smallest absolute Gasteiger partial charge is 0.344 e. The number of nitrogens with one attached hydrogen (secondary N) is 1. The number of esters is 2. The first kappa shape index (κ1) is 18.6. The minimum atomic E-state index is -0.553. The van der Waals surface area contributed by atoms with Crippen LogP contribution in [0.5, 0.6) is 5.75 Å². The van der Waals surface area contributed by atoms with E-state index in [-0.39, 0.29) is 21.9 Å². The Hall–Kier alpha value is -2.45. The van der Waals surface area contributed by atoms with Crippen LogP contribution in [0.4, 0.5) is 0 Å². The number of ether oxygens (including phenoxy) is 3. The van der Waals surface area contributed by atoms with E-state index in [1.54, 1.807) is 30.5 Å². The van der Waals surface area contributed by atoms with Gasteiger partial charge in [-0.2, -0.15) is 0 Å². The minimum absolute atomic E-state index is 0.0967. The number of hydroxylamine groups is 1. The molecule has 0 spiro atoms. The second-order valence-corrected chi connectivity index (χ2v) is 4.84. The maximum atomic E-state index is 11.6. The van der Waals surface area contributed by atoms with E-state index in [2.05, 4.69) is 9.47 Å². The van der Waals surface area contributed by atoms with Gasteiger partial charge in [0.2, 0.25) is 0 Å². The molecule has 0 aliphatic carbocycles.